The Labute approximate surface area is 80.1 Å². The number of aromatic nitrogens is 1. The van der Waals surface area contributed by atoms with E-state index in [1.54, 1.807) is 6.26 Å². The lowest BCUT2D eigenvalue weighted by Gasteiger charge is -2.00. The number of fused-ring (bicyclic) bond motifs is 1. The van der Waals surface area contributed by atoms with E-state index in [9.17, 15) is 4.55 Å². The molecular weight excluding hydrogens is 182 g/mol. The van der Waals surface area contributed by atoms with Crippen LogP contribution >= 0.6 is 0 Å². The summed E-state index contributed by atoms with van der Waals surface area (Å²) in [7, 11) is 0. The topological polar surface area (TPSA) is 38.8 Å². The summed E-state index contributed by atoms with van der Waals surface area (Å²) in [4.78, 5) is 3.16. The van der Waals surface area contributed by atoms with E-state index in [0.29, 0.717) is 0 Å². The Morgan fingerprint density at radius 3 is 2.62 bits per heavy atom. The first kappa shape index (κ1) is 8.66. The molecule has 3 heteroatoms. The second-order valence-electron chi connectivity index (χ2n) is 3.08. The zero-order valence-corrected chi connectivity index (χ0v) is 8.44. The van der Waals surface area contributed by atoms with Crippen LogP contribution in [0.1, 0.15) is 5.56 Å². The lowest BCUT2D eigenvalue weighted by atomic mass is 10.2. The van der Waals surface area contributed by atoms with Crippen LogP contribution in [0, 0.1) is 6.92 Å². The van der Waals surface area contributed by atoms with Crippen molar-refractivity contribution in [3.63, 3.8) is 0 Å². The van der Waals surface area contributed by atoms with Crippen molar-refractivity contribution in [2.45, 2.75) is 11.9 Å². The third-order valence-electron chi connectivity index (χ3n) is 2.21. The maximum Gasteiger partial charge on any atom is 0.226 e. The van der Waals surface area contributed by atoms with Crippen molar-refractivity contribution in [3.8, 4) is 0 Å². The number of hydrogen-bond donors (Lipinski definition) is 1. The minimum absolute atomic E-state index is 0.834. The van der Waals surface area contributed by atoms with Gasteiger partial charge in [-0.05, 0) is 13.0 Å². The molecule has 2 aromatic rings. The summed E-state index contributed by atoms with van der Waals surface area (Å²) < 4.78 is 11.3. The van der Waals surface area contributed by atoms with Gasteiger partial charge in [-0.1, -0.05) is 18.2 Å². The number of nitrogens with one attached hydrogen (secondary N) is 1. The van der Waals surface area contributed by atoms with Gasteiger partial charge in [0.1, 0.15) is 6.26 Å². The van der Waals surface area contributed by atoms with E-state index < -0.39 is 11.2 Å². The van der Waals surface area contributed by atoms with Gasteiger partial charge in [-0.15, -0.1) is 0 Å². The molecule has 0 aliphatic carbocycles. The van der Waals surface area contributed by atoms with E-state index in [2.05, 4.69) is 4.98 Å². The standard InChI is InChI=1S/C10H11NOS/c1-7-8-5-3-4-6-9(8)11-10(7)13(2)12/h3-6,11H,1-2H3. The molecule has 0 aliphatic rings. The Hall–Kier alpha value is -0.930. The van der Waals surface area contributed by atoms with E-state index in [-0.39, 0.29) is 0 Å². The van der Waals surface area contributed by atoms with Crippen molar-refractivity contribution in [1.82, 2.24) is 4.98 Å². The summed E-state index contributed by atoms with van der Waals surface area (Å²) >= 11 is -0.929. The van der Waals surface area contributed by atoms with Gasteiger partial charge in [-0.3, -0.25) is 0 Å². The van der Waals surface area contributed by atoms with Crippen molar-refractivity contribution >= 4 is 22.1 Å². The maximum absolute atomic E-state index is 11.3. The number of hydrogen-bond acceptors (Lipinski definition) is 1. The van der Waals surface area contributed by atoms with Crippen molar-refractivity contribution in [3.05, 3.63) is 29.8 Å². The van der Waals surface area contributed by atoms with Crippen molar-refractivity contribution in [2.75, 3.05) is 6.26 Å². The first-order valence-corrected chi connectivity index (χ1v) is 5.66. The summed E-state index contributed by atoms with van der Waals surface area (Å²) in [6, 6.07) is 8.00. The van der Waals surface area contributed by atoms with Gasteiger partial charge in [0.05, 0.1) is 0 Å². The average molecular weight is 193 g/mol. The predicted octanol–water partition coefficient (Wildman–Crippen LogP) is 2.21. The van der Waals surface area contributed by atoms with Gasteiger partial charge in [0, 0.05) is 27.6 Å². The van der Waals surface area contributed by atoms with Gasteiger partial charge >= 0.3 is 0 Å². The fraction of sp³-hybridized carbons (Fsp3) is 0.200. The molecular formula is C10H11NOS. The SMILES string of the molecule is Cc1c([S+](C)[O-])[nH]c2ccccc12. The molecule has 1 N–H and O–H groups in total. The monoisotopic (exact) mass is 193 g/mol. The van der Waals surface area contributed by atoms with Gasteiger partial charge in [-0.25, -0.2) is 0 Å². The van der Waals surface area contributed by atoms with Gasteiger partial charge in [-0.2, -0.15) is 0 Å². The molecule has 1 heterocycles. The second-order valence-corrected chi connectivity index (χ2v) is 4.40. The van der Waals surface area contributed by atoms with Crippen LogP contribution in [0.25, 0.3) is 10.9 Å². The zero-order valence-electron chi connectivity index (χ0n) is 7.63. The van der Waals surface area contributed by atoms with Crippen LogP contribution in [0.15, 0.2) is 29.3 Å². The predicted molar refractivity (Wildman–Crippen MR) is 55.4 cm³/mol. The Kier molecular flexibility index (Phi) is 2.06. The third-order valence-corrected chi connectivity index (χ3v) is 3.19. The first-order chi connectivity index (χ1) is 6.20. The highest BCUT2D eigenvalue weighted by Gasteiger charge is 2.13. The second kappa shape index (κ2) is 3.09. The molecule has 0 saturated heterocycles. The Morgan fingerprint density at radius 1 is 1.31 bits per heavy atom. The number of rotatable bonds is 1. The normalized spacial score (nSPS) is 13.5. The van der Waals surface area contributed by atoms with E-state index in [0.717, 1.165) is 21.5 Å². The molecule has 68 valence electrons. The van der Waals surface area contributed by atoms with Crippen molar-refractivity contribution < 1.29 is 4.55 Å². The lowest BCUT2D eigenvalue weighted by molar-refractivity contribution is 0.597. The number of H-pyrrole nitrogens is 1. The lowest BCUT2D eigenvalue weighted by Crippen LogP contribution is -1.98. The molecule has 0 spiro atoms. The number of para-hydroxylation sites is 1. The molecule has 0 fully saturated rings. The average Bonchev–Trinajstić information content (AvgIpc) is 2.45. The largest absolute Gasteiger partial charge is 0.610 e. The van der Waals surface area contributed by atoms with E-state index >= 15 is 0 Å². The van der Waals surface area contributed by atoms with Crippen LogP contribution in [-0.2, 0) is 11.2 Å². The highest BCUT2D eigenvalue weighted by molar-refractivity contribution is 7.90. The van der Waals surface area contributed by atoms with Crippen LogP contribution in [0.5, 0.6) is 0 Å². The summed E-state index contributed by atoms with van der Waals surface area (Å²) in [6.45, 7) is 2.00. The van der Waals surface area contributed by atoms with Crippen LogP contribution in [0.4, 0.5) is 0 Å². The highest BCUT2D eigenvalue weighted by atomic mass is 32.2. The summed E-state index contributed by atoms with van der Waals surface area (Å²) in [5, 5.41) is 1.99. The summed E-state index contributed by atoms with van der Waals surface area (Å²) in [5.74, 6) is 0. The van der Waals surface area contributed by atoms with Crippen LogP contribution in [0.2, 0.25) is 0 Å². The Bertz CT molecular complexity index is 433. The highest BCUT2D eigenvalue weighted by Crippen LogP contribution is 2.24. The fourth-order valence-electron chi connectivity index (χ4n) is 1.54. The van der Waals surface area contributed by atoms with Gasteiger partial charge in [0.15, 0.2) is 0 Å². The van der Waals surface area contributed by atoms with Crippen LogP contribution in [0.3, 0.4) is 0 Å². The molecule has 0 saturated carbocycles. The molecule has 0 aliphatic heterocycles. The molecule has 1 unspecified atom stereocenters. The molecule has 1 aromatic carbocycles. The molecule has 1 aromatic heterocycles. The van der Waals surface area contributed by atoms with Gasteiger partial charge in [0.25, 0.3) is 0 Å². The zero-order chi connectivity index (χ0) is 9.42. The Balaban J connectivity index is 2.74. The number of aromatic amines is 1. The van der Waals surface area contributed by atoms with E-state index in [1.165, 1.54) is 0 Å². The maximum atomic E-state index is 11.3. The summed E-state index contributed by atoms with van der Waals surface area (Å²) in [6.07, 6.45) is 1.69. The van der Waals surface area contributed by atoms with Crippen LogP contribution in [-0.4, -0.2) is 15.8 Å². The molecule has 2 nitrogen and oxygen atoms in total. The Morgan fingerprint density at radius 2 is 2.00 bits per heavy atom. The smallest absolute Gasteiger partial charge is 0.226 e. The minimum Gasteiger partial charge on any atom is -0.610 e. The van der Waals surface area contributed by atoms with Crippen molar-refractivity contribution in [2.24, 2.45) is 0 Å². The van der Waals surface area contributed by atoms with E-state index in [1.807, 2.05) is 31.2 Å². The first-order valence-electron chi connectivity index (χ1n) is 4.11. The third kappa shape index (κ3) is 1.34. The van der Waals surface area contributed by atoms with Gasteiger partial charge < -0.3 is 9.54 Å². The quantitative estimate of drug-likeness (QED) is 0.693. The van der Waals surface area contributed by atoms with Gasteiger partial charge in [0.2, 0.25) is 5.03 Å². The molecule has 13 heavy (non-hydrogen) atoms. The van der Waals surface area contributed by atoms with Crippen LogP contribution < -0.4 is 0 Å². The number of benzene rings is 1. The molecule has 1 atom stereocenters. The summed E-state index contributed by atoms with van der Waals surface area (Å²) in [5.41, 5.74) is 2.15. The molecule has 0 bridgehead atoms. The molecule has 0 radical (unpaired) electrons. The number of aryl methyl sites for hydroxylation is 1. The minimum atomic E-state index is -0.929. The fourth-order valence-corrected chi connectivity index (χ4v) is 2.34. The van der Waals surface area contributed by atoms with Crippen molar-refractivity contribution in [1.29, 1.82) is 0 Å². The molecule has 2 rings (SSSR count). The molecule has 0 amide bonds. The van der Waals surface area contributed by atoms with E-state index in [4.69, 9.17) is 0 Å².